The maximum atomic E-state index is 9.86. The Labute approximate surface area is 76.4 Å². The van der Waals surface area contributed by atoms with Crippen molar-refractivity contribution in [2.45, 2.75) is 13.3 Å². The topological polar surface area (TPSA) is 57.5 Å². The number of aliphatic hydroxyl groups is 1. The molecule has 0 rings (SSSR count). The van der Waals surface area contributed by atoms with E-state index in [0.29, 0.717) is 0 Å². The van der Waals surface area contributed by atoms with Crippen molar-refractivity contribution in [1.29, 1.82) is 0 Å². The Morgan fingerprint density at radius 1 is 1.67 bits per heavy atom. The third-order valence-corrected chi connectivity index (χ3v) is 0.835. The van der Waals surface area contributed by atoms with Gasteiger partial charge in [-0.05, 0) is 5.92 Å². The maximum absolute atomic E-state index is 9.86. The fourth-order valence-corrected chi connectivity index (χ4v) is 0.363. The summed E-state index contributed by atoms with van der Waals surface area (Å²) in [5.41, 5.74) is 0. The van der Waals surface area contributed by atoms with Gasteiger partial charge in [-0.2, -0.15) is 0 Å². The van der Waals surface area contributed by atoms with Crippen molar-refractivity contribution in [3.8, 4) is 0 Å². The second-order valence-electron chi connectivity index (χ2n) is 1.89. The van der Waals surface area contributed by atoms with E-state index in [9.17, 15) is 4.79 Å². The number of hydrogen-bond donors (Lipinski definition) is 2. The molecule has 3 nitrogen and oxygen atoms in total. The Bertz CT molecular complexity index is 84.3. The number of aliphatic carboxylic acids is 1. The van der Waals surface area contributed by atoms with Gasteiger partial charge < -0.3 is 10.2 Å². The fraction of sp³-hybridized carbons (Fsp3) is 0.800. The van der Waals surface area contributed by atoms with Gasteiger partial charge in [0, 0.05) is 6.61 Å². The van der Waals surface area contributed by atoms with Crippen LogP contribution in [0.4, 0.5) is 0 Å². The number of rotatable bonds is 3. The van der Waals surface area contributed by atoms with Crippen LogP contribution in [0.5, 0.6) is 0 Å². The third kappa shape index (κ3) is 8.43. The van der Waals surface area contributed by atoms with E-state index in [-0.39, 0.29) is 48.5 Å². The van der Waals surface area contributed by atoms with Gasteiger partial charge in [-0.15, -0.1) is 0 Å². The second-order valence-corrected chi connectivity index (χ2v) is 1.89. The summed E-state index contributed by atoms with van der Waals surface area (Å²) in [6.07, 6.45) is 0.0521. The molecule has 0 fully saturated rings. The average Bonchev–Trinajstić information content (AvgIpc) is 1.65. The minimum absolute atomic E-state index is 0. The Kier molecular flexibility index (Phi) is 8.83. The summed E-state index contributed by atoms with van der Waals surface area (Å²) in [5, 5.41) is 16.4. The zero-order valence-electron chi connectivity index (χ0n) is 4.79. The Hall–Kier alpha value is 0.430. The molecule has 0 heterocycles. The summed E-state index contributed by atoms with van der Waals surface area (Å²) in [6.45, 7) is 1.64. The van der Waals surface area contributed by atoms with Gasteiger partial charge in [0.1, 0.15) is 0 Å². The van der Waals surface area contributed by atoms with Crippen molar-refractivity contribution in [2.24, 2.45) is 5.92 Å². The van der Waals surface area contributed by atoms with Crippen LogP contribution in [0.3, 0.4) is 0 Å². The van der Waals surface area contributed by atoms with E-state index in [1.807, 2.05) is 0 Å². The summed E-state index contributed by atoms with van der Waals surface area (Å²) in [6, 6.07) is 0. The average molecular weight is 142 g/mol. The Balaban J connectivity index is 0. The summed E-state index contributed by atoms with van der Waals surface area (Å²) < 4.78 is 0. The van der Waals surface area contributed by atoms with Gasteiger partial charge in [0.2, 0.25) is 0 Å². The van der Waals surface area contributed by atoms with Crippen LogP contribution in [0.15, 0.2) is 0 Å². The number of carboxylic acid groups (broad SMARTS) is 1. The quantitative estimate of drug-likeness (QED) is 0.519. The normalized spacial score (nSPS) is 11.8. The number of aliphatic hydroxyl groups excluding tert-OH is 1. The Morgan fingerprint density at radius 2 is 2.11 bits per heavy atom. The van der Waals surface area contributed by atoms with Crippen molar-refractivity contribution < 1.29 is 15.0 Å². The van der Waals surface area contributed by atoms with Gasteiger partial charge in [0.25, 0.3) is 0 Å². The monoisotopic (exact) mass is 142 g/mol. The van der Waals surface area contributed by atoms with Crippen LogP contribution in [-0.4, -0.2) is 52.3 Å². The van der Waals surface area contributed by atoms with Gasteiger partial charge in [0.15, 0.2) is 0 Å². The molecule has 1 unspecified atom stereocenters. The molecule has 0 aromatic rings. The minimum atomic E-state index is -0.855. The second kappa shape index (κ2) is 6.55. The van der Waals surface area contributed by atoms with Crippen LogP contribution in [0.25, 0.3) is 0 Å². The first-order valence-corrected chi connectivity index (χ1v) is 2.49. The molecular formula is C5H11NaO3. The van der Waals surface area contributed by atoms with E-state index >= 15 is 0 Å². The molecular weight excluding hydrogens is 131 g/mol. The molecule has 0 saturated carbocycles. The van der Waals surface area contributed by atoms with Crippen LogP contribution in [0, 0.1) is 5.92 Å². The molecule has 0 aromatic carbocycles. The summed E-state index contributed by atoms with van der Waals surface area (Å²) in [4.78, 5) is 9.86. The van der Waals surface area contributed by atoms with Crippen LogP contribution < -0.4 is 0 Å². The van der Waals surface area contributed by atoms with Crippen molar-refractivity contribution in [2.75, 3.05) is 6.61 Å². The van der Waals surface area contributed by atoms with Crippen molar-refractivity contribution in [1.82, 2.24) is 0 Å². The predicted molar refractivity (Wildman–Crippen MR) is 35.7 cm³/mol. The molecule has 2 N–H and O–H groups in total. The molecule has 9 heavy (non-hydrogen) atoms. The number of hydrogen-bond acceptors (Lipinski definition) is 2. The zero-order valence-corrected chi connectivity index (χ0v) is 4.79. The van der Waals surface area contributed by atoms with E-state index in [4.69, 9.17) is 10.2 Å². The summed E-state index contributed by atoms with van der Waals surface area (Å²) >= 11 is 0. The predicted octanol–water partition coefficient (Wildman–Crippen LogP) is -0.559. The molecule has 0 spiro atoms. The van der Waals surface area contributed by atoms with Crippen LogP contribution in [0.1, 0.15) is 13.3 Å². The third-order valence-electron chi connectivity index (χ3n) is 0.835. The van der Waals surface area contributed by atoms with Gasteiger partial charge in [-0.1, -0.05) is 6.92 Å². The fourth-order valence-electron chi connectivity index (χ4n) is 0.363. The number of carboxylic acids is 1. The molecule has 0 aromatic heterocycles. The molecule has 0 bridgehead atoms. The van der Waals surface area contributed by atoms with Crippen molar-refractivity contribution in [3.05, 3.63) is 0 Å². The molecule has 50 valence electrons. The molecule has 0 radical (unpaired) electrons. The molecule has 0 aliphatic carbocycles. The van der Waals surface area contributed by atoms with Gasteiger partial charge in [-0.3, -0.25) is 4.79 Å². The molecule has 0 amide bonds. The van der Waals surface area contributed by atoms with Gasteiger partial charge >= 0.3 is 35.5 Å². The molecule has 0 aliphatic heterocycles. The van der Waals surface area contributed by atoms with Gasteiger partial charge in [0.05, 0.1) is 6.42 Å². The van der Waals surface area contributed by atoms with E-state index < -0.39 is 5.97 Å². The van der Waals surface area contributed by atoms with Crippen molar-refractivity contribution in [3.63, 3.8) is 0 Å². The molecule has 0 saturated heterocycles. The Morgan fingerprint density at radius 3 is 2.22 bits per heavy atom. The molecule has 4 heteroatoms. The van der Waals surface area contributed by atoms with Crippen molar-refractivity contribution >= 4 is 35.5 Å². The zero-order chi connectivity index (χ0) is 6.57. The first-order chi connectivity index (χ1) is 3.66. The first-order valence-electron chi connectivity index (χ1n) is 2.49. The SMILES string of the molecule is CC(CO)CC(=O)O.[NaH]. The van der Waals surface area contributed by atoms with Crippen LogP contribution in [0.2, 0.25) is 0 Å². The van der Waals surface area contributed by atoms with Crippen LogP contribution in [-0.2, 0) is 4.79 Å². The first kappa shape index (κ1) is 12.1. The van der Waals surface area contributed by atoms with E-state index in [1.54, 1.807) is 6.92 Å². The summed E-state index contributed by atoms with van der Waals surface area (Å²) in [7, 11) is 0. The van der Waals surface area contributed by atoms with E-state index in [1.165, 1.54) is 0 Å². The van der Waals surface area contributed by atoms with E-state index in [0.717, 1.165) is 0 Å². The summed E-state index contributed by atoms with van der Waals surface area (Å²) in [5.74, 6) is -0.973. The standard InChI is InChI=1S/C5H10O3.Na.H/c1-4(3-6)2-5(7)8;;/h4,6H,2-3H2,1H3,(H,7,8);;. The molecule has 1 atom stereocenters. The van der Waals surface area contributed by atoms with Crippen LogP contribution >= 0.6 is 0 Å². The van der Waals surface area contributed by atoms with E-state index in [2.05, 4.69) is 0 Å². The number of carbonyl (C=O) groups is 1. The van der Waals surface area contributed by atoms with Gasteiger partial charge in [-0.25, -0.2) is 0 Å². The molecule has 0 aliphatic rings.